The number of benzene rings is 1. The first-order chi connectivity index (χ1) is 15.9. The highest BCUT2D eigenvalue weighted by Crippen LogP contribution is 2.41. The highest BCUT2D eigenvalue weighted by molar-refractivity contribution is 7.33. The van der Waals surface area contributed by atoms with Crippen LogP contribution in [0.1, 0.15) is 13.2 Å². The molecule has 0 bridgehead atoms. The topological polar surface area (TPSA) is 144 Å². The third kappa shape index (κ3) is 4.83. The molecule has 0 radical (unpaired) electrons. The zero-order valence-corrected chi connectivity index (χ0v) is 18.6. The normalized spacial score (nSPS) is 23.5. The van der Waals surface area contributed by atoms with E-state index in [0.717, 1.165) is 0 Å². The zero-order chi connectivity index (χ0) is 23.5. The van der Waals surface area contributed by atoms with E-state index in [0.29, 0.717) is 17.9 Å². The predicted octanol–water partition coefficient (Wildman–Crippen LogP) is 2.65. The summed E-state index contributed by atoms with van der Waals surface area (Å²) < 4.78 is 49.7. The number of rotatable bonds is 9. The Balaban J connectivity index is 1.54. The summed E-state index contributed by atoms with van der Waals surface area (Å²) in [6, 6.07) is 8.47. The van der Waals surface area contributed by atoms with Gasteiger partial charge in [-0.25, -0.2) is 13.9 Å². The number of fused-ring (bicyclic) bond motifs is 1. The molecule has 0 aliphatic carbocycles. The van der Waals surface area contributed by atoms with Crippen LogP contribution in [0.3, 0.4) is 0 Å². The Bertz CT molecular complexity index is 1160. The highest BCUT2D eigenvalue weighted by atomic mass is 31.1. The number of nitrogens with two attached hydrogens (primary N) is 1. The second kappa shape index (κ2) is 9.84. The molecule has 0 saturated carbocycles. The van der Waals surface area contributed by atoms with Gasteiger partial charge in [0.2, 0.25) is 11.8 Å². The van der Waals surface area contributed by atoms with Crippen LogP contribution in [0.5, 0.6) is 11.6 Å². The van der Waals surface area contributed by atoms with E-state index in [4.69, 9.17) is 24.3 Å². The third-order valence-electron chi connectivity index (χ3n) is 5.01. The summed E-state index contributed by atoms with van der Waals surface area (Å²) in [5, 5.41) is 10.8. The fourth-order valence-electron chi connectivity index (χ4n) is 3.60. The highest BCUT2D eigenvalue weighted by Gasteiger charge is 2.47. The Hall–Kier alpha value is -3.05. The molecule has 13 heteroatoms. The minimum Gasteiger partial charge on any atom is -0.476 e. The molecule has 2 aromatic heterocycles. The maximum atomic E-state index is 14.3. The summed E-state index contributed by atoms with van der Waals surface area (Å²) >= 11 is 0. The van der Waals surface area contributed by atoms with Gasteiger partial charge in [0.05, 0.1) is 31.6 Å². The van der Waals surface area contributed by atoms with Crippen LogP contribution in [0.4, 0.5) is 10.3 Å². The van der Waals surface area contributed by atoms with Crippen LogP contribution >= 0.6 is 8.25 Å². The van der Waals surface area contributed by atoms with Crippen LogP contribution in [0.25, 0.3) is 11.2 Å². The fourth-order valence-corrected chi connectivity index (χ4v) is 4.28. The van der Waals surface area contributed by atoms with Crippen LogP contribution in [0, 0.1) is 5.92 Å². The zero-order valence-electron chi connectivity index (χ0n) is 17.6. The van der Waals surface area contributed by atoms with Gasteiger partial charge in [0, 0.05) is 0 Å². The van der Waals surface area contributed by atoms with Gasteiger partial charge in [-0.15, -0.1) is 0 Å². The number of hydrogen-bond donors (Lipinski definition) is 2. The van der Waals surface area contributed by atoms with E-state index in [1.54, 1.807) is 37.3 Å². The summed E-state index contributed by atoms with van der Waals surface area (Å²) in [6.45, 7) is 5.11. The van der Waals surface area contributed by atoms with Crippen molar-refractivity contribution in [2.45, 2.75) is 25.4 Å². The van der Waals surface area contributed by atoms with Crippen molar-refractivity contribution in [3.05, 3.63) is 49.1 Å². The number of imidazole rings is 1. The Kier molecular flexibility index (Phi) is 6.89. The quantitative estimate of drug-likeness (QED) is 0.440. The van der Waals surface area contributed by atoms with Gasteiger partial charge in [-0.3, -0.25) is 9.09 Å². The Morgan fingerprint density at radius 3 is 2.82 bits per heavy atom. The van der Waals surface area contributed by atoms with Crippen LogP contribution in [-0.2, 0) is 13.8 Å². The summed E-state index contributed by atoms with van der Waals surface area (Å²) in [5.74, 6) is -1.48. The maximum Gasteiger partial charge on any atom is 0.367 e. The van der Waals surface area contributed by atoms with Gasteiger partial charge in [0.25, 0.3) is 0 Å². The number of anilines is 1. The minimum atomic E-state index is -2.95. The molecule has 4 rings (SSSR count). The molecule has 1 aliphatic heterocycles. The molecule has 1 aliphatic rings. The molecule has 3 N–H and O–H groups in total. The number of aliphatic hydroxyl groups is 1. The standard InChI is InChI=1S/C20H23FN5O6P/c1-3-29-18-15-17(24-20(22)25-18)26(10-23-15)19-16(27)14(11(2)21)13(31-19)9-30-33(28)32-12-7-5-4-6-8-12/h4-8,10,13-14,16,19,27,33H,2-3,9H2,1H3,(H2,22,24,25)/t13-,14-,16-,19-/m1/s1. The summed E-state index contributed by atoms with van der Waals surface area (Å²) in [4.78, 5) is 12.4. The number of aliphatic hydroxyl groups excluding tert-OH is 1. The van der Waals surface area contributed by atoms with E-state index in [1.165, 1.54) is 10.9 Å². The van der Waals surface area contributed by atoms with Crippen molar-refractivity contribution in [3.8, 4) is 11.6 Å². The number of nitrogens with zero attached hydrogens (tertiary/aromatic N) is 4. The van der Waals surface area contributed by atoms with Crippen LogP contribution in [0.15, 0.2) is 49.1 Å². The third-order valence-corrected chi connectivity index (χ3v) is 5.81. The molecule has 0 unspecified atom stereocenters. The Labute approximate surface area is 188 Å². The van der Waals surface area contributed by atoms with Gasteiger partial charge in [-0.1, -0.05) is 24.8 Å². The number of halogens is 1. The molecule has 0 spiro atoms. The minimum absolute atomic E-state index is 0.0665. The second-order valence-corrected chi connectivity index (χ2v) is 8.14. The molecule has 3 aromatic rings. The molecule has 11 nitrogen and oxygen atoms in total. The molecule has 3 heterocycles. The predicted molar refractivity (Wildman–Crippen MR) is 117 cm³/mol. The van der Waals surface area contributed by atoms with Crippen molar-refractivity contribution in [2.24, 2.45) is 5.92 Å². The number of aromatic nitrogens is 4. The smallest absolute Gasteiger partial charge is 0.367 e. The number of para-hydroxylation sites is 1. The van der Waals surface area contributed by atoms with Crippen molar-refractivity contribution >= 4 is 25.4 Å². The first-order valence-corrected chi connectivity index (χ1v) is 11.3. The second-order valence-electron chi connectivity index (χ2n) is 7.15. The van der Waals surface area contributed by atoms with Crippen LogP contribution in [0.2, 0.25) is 0 Å². The van der Waals surface area contributed by atoms with E-state index in [2.05, 4.69) is 21.5 Å². The summed E-state index contributed by atoms with van der Waals surface area (Å²) in [5.41, 5.74) is 6.32. The van der Waals surface area contributed by atoms with Gasteiger partial charge >= 0.3 is 8.25 Å². The molecular formula is C20H23FN5O6P. The SMILES string of the molecule is C=C(F)[C@H]1[C@@H](O)[C@H](n2cnc3c(OCC)nc(N)nc32)O[C@@H]1CO[P@H](=O)Oc1ccccc1. The first-order valence-electron chi connectivity index (χ1n) is 10.1. The lowest BCUT2D eigenvalue weighted by Crippen LogP contribution is -2.28. The first kappa shape index (κ1) is 23.1. The Morgan fingerprint density at radius 2 is 2.12 bits per heavy atom. The van der Waals surface area contributed by atoms with E-state index >= 15 is 0 Å². The van der Waals surface area contributed by atoms with Gasteiger partial charge in [0.15, 0.2) is 17.4 Å². The monoisotopic (exact) mass is 479 g/mol. The average molecular weight is 479 g/mol. The number of hydrogen-bond acceptors (Lipinski definition) is 10. The Morgan fingerprint density at radius 1 is 1.36 bits per heavy atom. The molecule has 1 fully saturated rings. The summed E-state index contributed by atoms with van der Waals surface area (Å²) in [7, 11) is -2.95. The number of ether oxygens (including phenoxy) is 2. The van der Waals surface area contributed by atoms with E-state index in [-0.39, 0.29) is 24.1 Å². The largest absolute Gasteiger partial charge is 0.476 e. The van der Waals surface area contributed by atoms with Crippen molar-refractivity contribution in [3.63, 3.8) is 0 Å². The van der Waals surface area contributed by atoms with Crippen LogP contribution < -0.4 is 15.0 Å². The van der Waals surface area contributed by atoms with Crippen molar-refractivity contribution in [1.29, 1.82) is 0 Å². The van der Waals surface area contributed by atoms with Gasteiger partial charge < -0.3 is 24.8 Å². The van der Waals surface area contributed by atoms with Gasteiger partial charge in [0.1, 0.15) is 17.7 Å². The lowest BCUT2D eigenvalue weighted by atomic mass is 9.97. The van der Waals surface area contributed by atoms with Gasteiger partial charge in [-0.05, 0) is 19.1 Å². The maximum absolute atomic E-state index is 14.3. The molecular weight excluding hydrogens is 456 g/mol. The van der Waals surface area contributed by atoms with E-state index in [1.807, 2.05) is 0 Å². The van der Waals surface area contributed by atoms with E-state index < -0.39 is 38.4 Å². The van der Waals surface area contributed by atoms with Gasteiger partial charge in [-0.2, -0.15) is 9.97 Å². The molecule has 0 amide bonds. The molecule has 176 valence electrons. The molecule has 1 saturated heterocycles. The van der Waals surface area contributed by atoms with Crippen LogP contribution in [-0.4, -0.2) is 50.0 Å². The van der Waals surface area contributed by atoms with Crippen molar-refractivity contribution < 1.29 is 32.6 Å². The number of nitrogen functional groups attached to an aromatic ring is 1. The molecule has 1 aromatic carbocycles. The molecule has 5 atom stereocenters. The lowest BCUT2D eigenvalue weighted by Gasteiger charge is -2.18. The fraction of sp³-hybridized carbons (Fsp3) is 0.350. The van der Waals surface area contributed by atoms with E-state index in [9.17, 15) is 14.1 Å². The van der Waals surface area contributed by atoms with Crippen molar-refractivity contribution in [1.82, 2.24) is 19.5 Å². The average Bonchev–Trinajstić information content (AvgIpc) is 3.33. The lowest BCUT2D eigenvalue weighted by molar-refractivity contribution is -0.0461. The van der Waals surface area contributed by atoms with Crippen molar-refractivity contribution in [2.75, 3.05) is 18.9 Å². The molecule has 33 heavy (non-hydrogen) atoms. The summed E-state index contributed by atoms with van der Waals surface area (Å²) in [6.07, 6.45) is -2.10.